The van der Waals surface area contributed by atoms with Crippen molar-refractivity contribution in [3.63, 3.8) is 0 Å². The van der Waals surface area contributed by atoms with Crippen molar-refractivity contribution in [2.75, 3.05) is 19.6 Å². The van der Waals surface area contributed by atoms with Crippen LogP contribution in [-0.4, -0.2) is 46.3 Å². The molecule has 7 heteroatoms. The standard InChI is InChI=1S/C19H23ClN4O.ClH/c20-16-3-5-18(6-4-16)24-13-15(12-22-24)19(25)23-9-7-17(8-10-23)21-11-14-1-2-14;/h3-6,12-14,17,21H,1-2,7-11H2;1H. The van der Waals surface area contributed by atoms with Crippen LogP contribution in [-0.2, 0) is 0 Å². The van der Waals surface area contributed by atoms with Crippen molar-refractivity contribution in [1.29, 1.82) is 0 Å². The number of nitrogens with one attached hydrogen (secondary N) is 1. The summed E-state index contributed by atoms with van der Waals surface area (Å²) in [6.45, 7) is 2.77. The Bertz CT molecular complexity index is 734. The van der Waals surface area contributed by atoms with E-state index in [1.54, 1.807) is 17.1 Å². The van der Waals surface area contributed by atoms with Gasteiger partial charge in [-0.2, -0.15) is 5.10 Å². The minimum atomic E-state index is 0. The molecule has 5 nitrogen and oxygen atoms in total. The van der Waals surface area contributed by atoms with Crippen molar-refractivity contribution in [3.8, 4) is 5.69 Å². The van der Waals surface area contributed by atoms with Crippen molar-refractivity contribution in [1.82, 2.24) is 20.0 Å². The third-order valence-corrected chi connectivity index (χ3v) is 5.35. The van der Waals surface area contributed by atoms with E-state index >= 15 is 0 Å². The zero-order valence-corrected chi connectivity index (χ0v) is 16.2. The molecule has 4 rings (SSSR count). The molecule has 0 bridgehead atoms. The summed E-state index contributed by atoms with van der Waals surface area (Å²) in [4.78, 5) is 14.7. The van der Waals surface area contributed by atoms with Crippen molar-refractivity contribution in [2.45, 2.75) is 31.7 Å². The minimum absolute atomic E-state index is 0. The third kappa shape index (κ3) is 4.58. The van der Waals surface area contributed by atoms with E-state index in [1.807, 2.05) is 29.2 Å². The van der Waals surface area contributed by atoms with Gasteiger partial charge in [0.25, 0.3) is 5.91 Å². The van der Waals surface area contributed by atoms with Gasteiger partial charge < -0.3 is 10.2 Å². The topological polar surface area (TPSA) is 50.2 Å². The lowest BCUT2D eigenvalue weighted by molar-refractivity contribution is 0.0705. The van der Waals surface area contributed by atoms with Gasteiger partial charge in [0.05, 0.1) is 17.4 Å². The summed E-state index contributed by atoms with van der Waals surface area (Å²) in [5, 5.41) is 8.65. The first-order valence-corrected chi connectivity index (χ1v) is 9.40. The molecule has 0 radical (unpaired) electrons. The minimum Gasteiger partial charge on any atom is -0.338 e. The zero-order valence-electron chi connectivity index (χ0n) is 14.6. The number of carbonyl (C=O) groups is 1. The Hall–Kier alpha value is -1.56. The van der Waals surface area contributed by atoms with Crippen LogP contribution in [0, 0.1) is 5.92 Å². The van der Waals surface area contributed by atoms with E-state index in [2.05, 4.69) is 10.4 Å². The van der Waals surface area contributed by atoms with Gasteiger partial charge in [0.15, 0.2) is 0 Å². The SMILES string of the molecule is Cl.O=C(c1cnn(-c2ccc(Cl)cc2)c1)N1CCC(NCC2CC2)CC1. The van der Waals surface area contributed by atoms with E-state index in [4.69, 9.17) is 11.6 Å². The lowest BCUT2D eigenvalue weighted by Crippen LogP contribution is -2.45. The molecule has 2 aliphatic rings. The van der Waals surface area contributed by atoms with Gasteiger partial charge >= 0.3 is 0 Å². The van der Waals surface area contributed by atoms with Crippen LogP contribution in [0.2, 0.25) is 5.02 Å². The Morgan fingerprint density at radius 3 is 2.50 bits per heavy atom. The molecule has 2 heterocycles. The van der Waals surface area contributed by atoms with E-state index in [0.717, 1.165) is 44.1 Å². The second kappa shape index (κ2) is 8.42. The van der Waals surface area contributed by atoms with E-state index in [0.29, 0.717) is 16.6 Å². The van der Waals surface area contributed by atoms with Crippen LogP contribution in [0.4, 0.5) is 0 Å². The smallest absolute Gasteiger partial charge is 0.257 e. The summed E-state index contributed by atoms with van der Waals surface area (Å²) in [6.07, 6.45) is 8.26. The molecule has 1 aromatic carbocycles. The number of benzene rings is 1. The van der Waals surface area contributed by atoms with Crippen molar-refractivity contribution < 1.29 is 4.79 Å². The summed E-state index contributed by atoms with van der Waals surface area (Å²) in [5.74, 6) is 0.972. The number of hydrogen-bond donors (Lipinski definition) is 1. The van der Waals surface area contributed by atoms with Crippen LogP contribution in [0.3, 0.4) is 0 Å². The molecule has 140 valence electrons. The number of nitrogens with zero attached hydrogens (tertiary/aromatic N) is 3. The maximum absolute atomic E-state index is 12.7. The number of carbonyl (C=O) groups excluding carboxylic acids is 1. The lowest BCUT2D eigenvalue weighted by Gasteiger charge is -2.32. The molecule has 0 atom stereocenters. The Morgan fingerprint density at radius 1 is 1.15 bits per heavy atom. The normalized spacial score (nSPS) is 17.8. The predicted octanol–water partition coefficient (Wildman–Crippen LogP) is 3.55. The molecule has 1 saturated heterocycles. The Morgan fingerprint density at radius 2 is 1.85 bits per heavy atom. The Labute approximate surface area is 165 Å². The van der Waals surface area contributed by atoms with Gasteiger partial charge in [-0.15, -0.1) is 12.4 Å². The number of likely N-dealkylation sites (tertiary alicyclic amines) is 1. The number of amides is 1. The molecule has 0 unspecified atom stereocenters. The third-order valence-electron chi connectivity index (χ3n) is 5.10. The van der Waals surface area contributed by atoms with Crippen molar-refractivity contribution in [3.05, 3.63) is 47.2 Å². The fraction of sp³-hybridized carbons (Fsp3) is 0.474. The molecule has 0 spiro atoms. The second-order valence-electron chi connectivity index (χ2n) is 7.07. The van der Waals surface area contributed by atoms with E-state index in [-0.39, 0.29) is 18.3 Å². The van der Waals surface area contributed by atoms with Crippen LogP contribution in [0.5, 0.6) is 0 Å². The number of rotatable bonds is 5. The molecular weight excluding hydrogens is 371 g/mol. The maximum atomic E-state index is 12.7. The molecule has 1 aromatic heterocycles. The van der Waals surface area contributed by atoms with Crippen LogP contribution in [0.25, 0.3) is 5.69 Å². The molecule has 26 heavy (non-hydrogen) atoms. The molecule has 1 amide bonds. The van der Waals surface area contributed by atoms with Crippen molar-refractivity contribution >= 4 is 29.9 Å². The molecule has 1 N–H and O–H groups in total. The van der Waals surface area contributed by atoms with Crippen molar-refractivity contribution in [2.24, 2.45) is 5.92 Å². The van der Waals surface area contributed by atoms with Crippen LogP contribution in [0.1, 0.15) is 36.0 Å². The highest BCUT2D eigenvalue weighted by Gasteiger charge is 2.26. The largest absolute Gasteiger partial charge is 0.338 e. The first kappa shape index (κ1) is 19.2. The summed E-state index contributed by atoms with van der Waals surface area (Å²) < 4.78 is 1.72. The summed E-state index contributed by atoms with van der Waals surface area (Å²) in [5.41, 5.74) is 1.53. The number of aromatic nitrogens is 2. The average Bonchev–Trinajstić information content (AvgIpc) is 3.35. The van der Waals surface area contributed by atoms with Gasteiger partial charge in [0, 0.05) is 30.4 Å². The average molecular weight is 395 g/mol. The molecule has 2 aromatic rings. The van der Waals surface area contributed by atoms with E-state index < -0.39 is 0 Å². The number of halogens is 2. The van der Waals surface area contributed by atoms with Crippen LogP contribution in [0.15, 0.2) is 36.7 Å². The van der Waals surface area contributed by atoms with Gasteiger partial charge in [-0.1, -0.05) is 11.6 Å². The van der Waals surface area contributed by atoms with Crippen LogP contribution < -0.4 is 5.32 Å². The number of piperidine rings is 1. The molecular formula is C19H24Cl2N4O. The fourth-order valence-corrected chi connectivity index (χ4v) is 3.42. The Balaban J connectivity index is 0.00000196. The highest BCUT2D eigenvalue weighted by molar-refractivity contribution is 6.30. The first-order chi connectivity index (χ1) is 12.2. The molecule has 1 aliphatic carbocycles. The van der Waals surface area contributed by atoms with Crippen LogP contribution >= 0.6 is 24.0 Å². The van der Waals surface area contributed by atoms with Gasteiger partial charge in [0.1, 0.15) is 0 Å². The quantitative estimate of drug-likeness (QED) is 0.843. The summed E-state index contributed by atoms with van der Waals surface area (Å²) in [6, 6.07) is 7.97. The monoisotopic (exact) mass is 394 g/mol. The lowest BCUT2D eigenvalue weighted by atomic mass is 10.0. The first-order valence-electron chi connectivity index (χ1n) is 9.02. The highest BCUT2D eigenvalue weighted by Crippen LogP contribution is 2.28. The van der Waals surface area contributed by atoms with Gasteiger partial charge in [-0.05, 0) is 62.4 Å². The summed E-state index contributed by atoms with van der Waals surface area (Å²) in [7, 11) is 0. The zero-order chi connectivity index (χ0) is 17.2. The molecule has 1 aliphatic heterocycles. The number of hydrogen-bond acceptors (Lipinski definition) is 3. The highest BCUT2D eigenvalue weighted by atomic mass is 35.5. The van der Waals surface area contributed by atoms with Gasteiger partial charge in [-0.25, -0.2) is 4.68 Å². The van der Waals surface area contributed by atoms with E-state index in [9.17, 15) is 4.79 Å². The maximum Gasteiger partial charge on any atom is 0.257 e. The Kier molecular flexibility index (Phi) is 6.22. The molecule has 1 saturated carbocycles. The summed E-state index contributed by atoms with van der Waals surface area (Å²) >= 11 is 5.92. The van der Waals surface area contributed by atoms with Gasteiger partial charge in [0.2, 0.25) is 0 Å². The van der Waals surface area contributed by atoms with Gasteiger partial charge in [-0.3, -0.25) is 4.79 Å². The predicted molar refractivity (Wildman–Crippen MR) is 105 cm³/mol. The molecule has 2 fully saturated rings. The second-order valence-corrected chi connectivity index (χ2v) is 7.50. The fourth-order valence-electron chi connectivity index (χ4n) is 3.29. The van der Waals surface area contributed by atoms with E-state index in [1.165, 1.54) is 12.8 Å².